The van der Waals surface area contributed by atoms with Crippen molar-refractivity contribution < 1.29 is 0 Å². The Bertz CT molecular complexity index is 1390. The highest BCUT2D eigenvalue weighted by molar-refractivity contribution is 5.82. The van der Waals surface area contributed by atoms with Crippen molar-refractivity contribution >= 4 is 0 Å². The maximum absolute atomic E-state index is 2.54. The van der Waals surface area contributed by atoms with Gasteiger partial charge in [-0.3, -0.25) is 0 Å². The molecule has 0 radical (unpaired) electrons. The lowest BCUT2D eigenvalue weighted by atomic mass is 9.73. The molecular weight excluding hydrogens is 480 g/mol. The summed E-state index contributed by atoms with van der Waals surface area (Å²) >= 11 is 0. The molecule has 0 saturated carbocycles. The van der Waals surface area contributed by atoms with E-state index in [1.54, 1.807) is 44.5 Å². The number of rotatable bonds is 11. The summed E-state index contributed by atoms with van der Waals surface area (Å²) in [6.45, 7) is 9.48. The normalized spacial score (nSPS) is 14.4. The molecule has 0 heterocycles. The molecule has 0 saturated heterocycles. The lowest BCUT2D eigenvalue weighted by molar-refractivity contribution is 0.505. The molecule has 206 valence electrons. The molecule has 4 aromatic rings. The second-order valence-electron chi connectivity index (χ2n) is 12.2. The Morgan fingerprint density at radius 3 is 1.35 bits per heavy atom. The van der Waals surface area contributed by atoms with Crippen LogP contribution in [0.25, 0.3) is 22.3 Å². The van der Waals surface area contributed by atoms with E-state index in [1.807, 2.05) is 0 Å². The monoisotopic (exact) mass is 526 g/mol. The quantitative estimate of drug-likeness (QED) is 0.157. The lowest BCUT2D eigenvalue weighted by Crippen LogP contribution is -2.15. The van der Waals surface area contributed by atoms with Crippen LogP contribution in [0.4, 0.5) is 0 Å². The molecule has 2 aliphatic rings. The number of unbranched alkanes of at least 4 members (excludes halogenated alkanes) is 2. The molecule has 2 atom stereocenters. The summed E-state index contributed by atoms with van der Waals surface area (Å²) in [7, 11) is 0. The lowest BCUT2D eigenvalue weighted by Gasteiger charge is -2.31. The molecule has 0 nitrogen and oxygen atoms in total. The van der Waals surface area contributed by atoms with Gasteiger partial charge in [-0.1, -0.05) is 113 Å². The van der Waals surface area contributed by atoms with Crippen LogP contribution in [-0.2, 0) is 25.7 Å². The summed E-state index contributed by atoms with van der Waals surface area (Å²) in [5, 5.41) is 0. The Hall–Kier alpha value is -3.12. The third kappa shape index (κ3) is 4.64. The number of benzene rings is 4. The molecule has 2 unspecified atom stereocenters. The first kappa shape index (κ1) is 27.1. The number of aryl methyl sites for hydroxylation is 2. The summed E-state index contributed by atoms with van der Waals surface area (Å²) in [6.07, 6.45) is 11.9. The standard InChI is InChI=1S/C40H46/c1-5-9-15-27-21-23-35(37-25-29-17-11-13-19-33(29)39(27)37)31(7-3)32(8-4)36-24-22-28(16-10-6-2)40-34-20-14-12-18-30(34)26-38(36)40/h11-14,17-24,31-32H,5-10,15-16,25-26H2,1-4H3. The van der Waals surface area contributed by atoms with E-state index in [1.165, 1.54) is 73.6 Å². The van der Waals surface area contributed by atoms with Gasteiger partial charge in [-0.25, -0.2) is 0 Å². The number of hydrogen-bond acceptors (Lipinski definition) is 0. The van der Waals surface area contributed by atoms with Gasteiger partial charge in [0.05, 0.1) is 0 Å². The van der Waals surface area contributed by atoms with Crippen LogP contribution in [0.2, 0.25) is 0 Å². The van der Waals surface area contributed by atoms with Gasteiger partial charge in [-0.15, -0.1) is 0 Å². The molecule has 0 aliphatic heterocycles. The highest BCUT2D eigenvalue weighted by Crippen LogP contribution is 2.50. The minimum absolute atomic E-state index is 0.530. The van der Waals surface area contributed by atoms with Crippen LogP contribution in [0.15, 0.2) is 72.8 Å². The Balaban J connectivity index is 1.46. The van der Waals surface area contributed by atoms with Crippen LogP contribution in [-0.4, -0.2) is 0 Å². The molecule has 2 aliphatic carbocycles. The topological polar surface area (TPSA) is 0 Å². The number of hydrogen-bond donors (Lipinski definition) is 0. The average Bonchev–Trinajstić information content (AvgIpc) is 3.58. The van der Waals surface area contributed by atoms with Crippen LogP contribution in [0.3, 0.4) is 0 Å². The van der Waals surface area contributed by atoms with Gasteiger partial charge in [0.15, 0.2) is 0 Å². The first-order valence-electron chi connectivity index (χ1n) is 16.2. The zero-order valence-corrected chi connectivity index (χ0v) is 25.2. The van der Waals surface area contributed by atoms with Gasteiger partial charge < -0.3 is 0 Å². The van der Waals surface area contributed by atoms with E-state index in [2.05, 4.69) is 100 Å². The van der Waals surface area contributed by atoms with Crippen molar-refractivity contribution in [1.29, 1.82) is 0 Å². The third-order valence-electron chi connectivity index (χ3n) is 9.94. The van der Waals surface area contributed by atoms with Crippen LogP contribution >= 0.6 is 0 Å². The fourth-order valence-corrected chi connectivity index (χ4v) is 7.98. The van der Waals surface area contributed by atoms with Gasteiger partial charge in [0, 0.05) is 0 Å². The number of fused-ring (bicyclic) bond motifs is 6. The Kier molecular flexibility index (Phi) is 7.97. The summed E-state index contributed by atoms with van der Waals surface area (Å²) < 4.78 is 0. The Morgan fingerprint density at radius 2 is 0.950 bits per heavy atom. The van der Waals surface area contributed by atoms with Crippen molar-refractivity contribution in [2.24, 2.45) is 0 Å². The molecule has 0 aromatic heterocycles. The van der Waals surface area contributed by atoms with Crippen molar-refractivity contribution in [2.75, 3.05) is 0 Å². The van der Waals surface area contributed by atoms with E-state index < -0.39 is 0 Å². The van der Waals surface area contributed by atoms with Gasteiger partial charge in [0.1, 0.15) is 0 Å². The maximum atomic E-state index is 2.54. The van der Waals surface area contributed by atoms with Gasteiger partial charge in [-0.2, -0.15) is 0 Å². The first-order chi connectivity index (χ1) is 19.7. The molecule has 0 heteroatoms. The van der Waals surface area contributed by atoms with Gasteiger partial charge in [0.2, 0.25) is 0 Å². The molecule has 0 N–H and O–H groups in total. The largest absolute Gasteiger partial charge is 0.0654 e. The van der Waals surface area contributed by atoms with Gasteiger partial charge in [-0.05, 0) is 130 Å². The van der Waals surface area contributed by atoms with E-state index in [0.717, 1.165) is 12.8 Å². The van der Waals surface area contributed by atoms with Crippen molar-refractivity contribution in [3.63, 3.8) is 0 Å². The first-order valence-corrected chi connectivity index (χ1v) is 16.2. The zero-order chi connectivity index (χ0) is 27.6. The zero-order valence-electron chi connectivity index (χ0n) is 25.2. The van der Waals surface area contributed by atoms with Crippen LogP contribution in [0.1, 0.15) is 123 Å². The molecule has 0 fully saturated rings. The fourth-order valence-electron chi connectivity index (χ4n) is 7.98. The highest BCUT2D eigenvalue weighted by atomic mass is 14.4. The molecule has 6 rings (SSSR count). The second kappa shape index (κ2) is 11.8. The minimum atomic E-state index is 0.530. The van der Waals surface area contributed by atoms with Crippen molar-refractivity contribution in [3.05, 3.63) is 117 Å². The highest BCUT2D eigenvalue weighted by Gasteiger charge is 2.33. The van der Waals surface area contributed by atoms with E-state index in [4.69, 9.17) is 0 Å². The van der Waals surface area contributed by atoms with Gasteiger partial charge >= 0.3 is 0 Å². The molecule has 40 heavy (non-hydrogen) atoms. The predicted octanol–water partition coefficient (Wildman–Crippen LogP) is 11.2. The Labute approximate surface area is 242 Å². The second-order valence-corrected chi connectivity index (χ2v) is 12.2. The van der Waals surface area contributed by atoms with Crippen molar-refractivity contribution in [3.8, 4) is 22.3 Å². The average molecular weight is 527 g/mol. The van der Waals surface area contributed by atoms with E-state index in [0.29, 0.717) is 11.8 Å². The van der Waals surface area contributed by atoms with Crippen molar-refractivity contribution in [1.82, 2.24) is 0 Å². The summed E-state index contributed by atoms with van der Waals surface area (Å²) in [5.41, 5.74) is 18.7. The van der Waals surface area contributed by atoms with Crippen LogP contribution < -0.4 is 0 Å². The molecule has 4 aromatic carbocycles. The summed E-state index contributed by atoms with van der Waals surface area (Å²) in [6, 6.07) is 28.5. The van der Waals surface area contributed by atoms with Gasteiger partial charge in [0.25, 0.3) is 0 Å². The smallest absolute Gasteiger partial charge is 0.00105 e. The fraction of sp³-hybridized carbons (Fsp3) is 0.400. The SMILES string of the molecule is CCCCc1ccc(C(CC)C(CC)c2ccc(CCCC)c3c2Cc2ccccc2-3)c2c1-c1ccccc1C2. The predicted molar refractivity (Wildman–Crippen MR) is 173 cm³/mol. The van der Waals surface area contributed by atoms with Crippen LogP contribution in [0, 0.1) is 0 Å². The van der Waals surface area contributed by atoms with Crippen molar-refractivity contribution in [2.45, 2.75) is 104 Å². The molecule has 0 amide bonds. The summed E-state index contributed by atoms with van der Waals surface area (Å²) in [5.74, 6) is 1.06. The Morgan fingerprint density at radius 1 is 0.525 bits per heavy atom. The minimum Gasteiger partial charge on any atom is -0.0654 e. The van der Waals surface area contributed by atoms with E-state index >= 15 is 0 Å². The van der Waals surface area contributed by atoms with E-state index in [9.17, 15) is 0 Å². The molecule has 0 bridgehead atoms. The third-order valence-corrected chi connectivity index (χ3v) is 9.94. The maximum Gasteiger partial charge on any atom is -0.00105 e. The molecule has 0 spiro atoms. The van der Waals surface area contributed by atoms with E-state index in [-0.39, 0.29) is 0 Å². The van der Waals surface area contributed by atoms with Crippen LogP contribution in [0.5, 0.6) is 0 Å². The molecular formula is C40H46. The summed E-state index contributed by atoms with van der Waals surface area (Å²) in [4.78, 5) is 0.